The summed E-state index contributed by atoms with van der Waals surface area (Å²) in [6, 6.07) is 1.37. The lowest BCUT2D eigenvalue weighted by Crippen LogP contribution is -2.52. The third-order valence-corrected chi connectivity index (χ3v) is 5.47. The summed E-state index contributed by atoms with van der Waals surface area (Å²) in [7, 11) is 2.10. The predicted molar refractivity (Wildman–Crippen MR) is 72.5 cm³/mol. The Morgan fingerprint density at radius 3 is 2.22 bits per heavy atom. The summed E-state index contributed by atoms with van der Waals surface area (Å²) in [5.74, 6) is 0.854. The van der Waals surface area contributed by atoms with Crippen LogP contribution in [0.3, 0.4) is 0 Å². The molecule has 3 aliphatic heterocycles. The molecule has 104 valence electrons. The van der Waals surface area contributed by atoms with E-state index in [9.17, 15) is 4.39 Å². The average molecular weight is 254 g/mol. The van der Waals surface area contributed by atoms with Crippen LogP contribution in [0.4, 0.5) is 4.39 Å². The lowest BCUT2D eigenvalue weighted by molar-refractivity contribution is -0.00277. The van der Waals surface area contributed by atoms with Crippen LogP contribution in [0.1, 0.15) is 45.4 Å². The number of hydrogen-bond donors (Lipinski definition) is 0. The second-order valence-corrected chi connectivity index (χ2v) is 7.09. The third kappa shape index (κ3) is 2.44. The van der Waals surface area contributed by atoms with E-state index < -0.39 is 5.67 Å². The molecule has 3 saturated heterocycles. The third-order valence-electron chi connectivity index (χ3n) is 5.47. The van der Waals surface area contributed by atoms with Gasteiger partial charge in [0.25, 0.3) is 0 Å². The largest absolute Gasteiger partial charge is 0.306 e. The second-order valence-electron chi connectivity index (χ2n) is 7.09. The van der Waals surface area contributed by atoms with Gasteiger partial charge in [0, 0.05) is 31.7 Å². The zero-order chi connectivity index (χ0) is 12.8. The standard InChI is InChI=1S/C15H27FN2/c1-12-9-13-3-4-14(10-12)18(13)11-15(16)5-7-17(2)8-6-15/h12-14H,3-11H2,1-2H3/t12?,13-,14+. The van der Waals surface area contributed by atoms with Gasteiger partial charge in [-0.15, -0.1) is 0 Å². The van der Waals surface area contributed by atoms with Crippen molar-refractivity contribution in [2.45, 2.75) is 63.2 Å². The first-order chi connectivity index (χ1) is 8.56. The number of likely N-dealkylation sites (tertiary alicyclic amines) is 1. The van der Waals surface area contributed by atoms with Gasteiger partial charge in [0.1, 0.15) is 5.67 Å². The fourth-order valence-corrected chi connectivity index (χ4v) is 4.31. The Morgan fingerprint density at radius 2 is 1.67 bits per heavy atom. The Morgan fingerprint density at radius 1 is 1.11 bits per heavy atom. The van der Waals surface area contributed by atoms with Crippen LogP contribution < -0.4 is 0 Å². The van der Waals surface area contributed by atoms with Gasteiger partial charge < -0.3 is 4.90 Å². The van der Waals surface area contributed by atoms with Crippen LogP contribution in [0, 0.1) is 5.92 Å². The van der Waals surface area contributed by atoms with Crippen LogP contribution in [-0.4, -0.2) is 54.2 Å². The molecule has 1 unspecified atom stereocenters. The van der Waals surface area contributed by atoms with Crippen LogP contribution in [0.15, 0.2) is 0 Å². The topological polar surface area (TPSA) is 6.48 Å². The minimum Gasteiger partial charge on any atom is -0.306 e. The molecule has 0 spiro atoms. The Kier molecular flexibility index (Phi) is 3.39. The lowest BCUT2D eigenvalue weighted by Gasteiger charge is -2.43. The average Bonchev–Trinajstić information content (AvgIpc) is 2.57. The molecule has 0 aromatic carbocycles. The van der Waals surface area contributed by atoms with Crippen molar-refractivity contribution < 1.29 is 4.39 Å². The van der Waals surface area contributed by atoms with Crippen LogP contribution >= 0.6 is 0 Å². The van der Waals surface area contributed by atoms with Crippen molar-refractivity contribution in [3.05, 3.63) is 0 Å². The van der Waals surface area contributed by atoms with Crippen LogP contribution in [0.2, 0.25) is 0 Å². The molecule has 3 atom stereocenters. The van der Waals surface area contributed by atoms with E-state index in [2.05, 4.69) is 23.8 Å². The first-order valence-electron chi connectivity index (χ1n) is 7.69. The van der Waals surface area contributed by atoms with Crippen molar-refractivity contribution >= 4 is 0 Å². The highest BCUT2D eigenvalue weighted by Gasteiger charge is 2.44. The quantitative estimate of drug-likeness (QED) is 0.747. The molecule has 0 aromatic rings. The minimum absolute atomic E-state index is 0.686. The van der Waals surface area contributed by atoms with Crippen molar-refractivity contribution in [2.24, 2.45) is 5.92 Å². The molecule has 2 nitrogen and oxygen atoms in total. The highest BCUT2D eigenvalue weighted by atomic mass is 19.1. The smallest absolute Gasteiger partial charge is 0.126 e. The van der Waals surface area contributed by atoms with Crippen molar-refractivity contribution in [2.75, 3.05) is 26.7 Å². The van der Waals surface area contributed by atoms with Gasteiger partial charge in [0.15, 0.2) is 0 Å². The zero-order valence-corrected chi connectivity index (χ0v) is 11.9. The fraction of sp³-hybridized carbons (Fsp3) is 1.00. The minimum atomic E-state index is -0.909. The molecule has 0 saturated carbocycles. The second kappa shape index (κ2) is 4.75. The summed E-state index contributed by atoms with van der Waals surface area (Å²) in [6.45, 7) is 4.93. The molecule has 0 aromatic heterocycles. The normalized spacial score (nSPS) is 41.2. The Bertz CT molecular complexity index is 285. The predicted octanol–water partition coefficient (Wildman–Crippen LogP) is 2.68. The molecule has 3 heteroatoms. The fourth-order valence-electron chi connectivity index (χ4n) is 4.31. The molecule has 3 fully saturated rings. The highest BCUT2D eigenvalue weighted by molar-refractivity contribution is 4.98. The SMILES string of the molecule is CC1C[C@H]2CC[C@@H](C1)N2CC1(F)CCN(C)CC1. The van der Waals surface area contributed by atoms with E-state index in [1.165, 1.54) is 25.7 Å². The molecule has 3 aliphatic rings. The van der Waals surface area contributed by atoms with Crippen molar-refractivity contribution in [1.29, 1.82) is 0 Å². The molecule has 3 rings (SSSR count). The number of rotatable bonds is 2. The summed E-state index contributed by atoms with van der Waals surface area (Å²) in [5, 5.41) is 0. The summed E-state index contributed by atoms with van der Waals surface area (Å²) in [4.78, 5) is 4.79. The number of piperidine rings is 2. The molecule has 18 heavy (non-hydrogen) atoms. The maximum Gasteiger partial charge on any atom is 0.126 e. The molecular formula is C15H27FN2. The Hall–Kier alpha value is -0.150. The molecule has 3 heterocycles. The van der Waals surface area contributed by atoms with E-state index in [0.29, 0.717) is 18.6 Å². The van der Waals surface area contributed by atoms with Gasteiger partial charge in [-0.1, -0.05) is 6.92 Å². The van der Waals surface area contributed by atoms with Crippen molar-refractivity contribution in [3.63, 3.8) is 0 Å². The van der Waals surface area contributed by atoms with Gasteiger partial charge in [0.2, 0.25) is 0 Å². The van der Waals surface area contributed by atoms with Gasteiger partial charge in [0.05, 0.1) is 0 Å². The van der Waals surface area contributed by atoms with Gasteiger partial charge in [-0.3, -0.25) is 4.90 Å². The monoisotopic (exact) mass is 254 g/mol. The molecule has 0 radical (unpaired) electrons. The molecular weight excluding hydrogens is 227 g/mol. The van der Waals surface area contributed by atoms with Crippen molar-refractivity contribution in [1.82, 2.24) is 9.80 Å². The lowest BCUT2D eigenvalue weighted by atomic mass is 9.88. The van der Waals surface area contributed by atoms with E-state index in [-0.39, 0.29) is 0 Å². The van der Waals surface area contributed by atoms with Crippen LogP contribution in [-0.2, 0) is 0 Å². The summed E-state index contributed by atoms with van der Waals surface area (Å²) < 4.78 is 14.9. The zero-order valence-electron chi connectivity index (χ0n) is 11.9. The molecule has 0 aliphatic carbocycles. The summed E-state index contributed by atoms with van der Waals surface area (Å²) in [5.41, 5.74) is -0.909. The van der Waals surface area contributed by atoms with Crippen LogP contribution in [0.25, 0.3) is 0 Å². The van der Waals surface area contributed by atoms with E-state index in [0.717, 1.165) is 31.8 Å². The van der Waals surface area contributed by atoms with Gasteiger partial charge in [-0.05, 0) is 51.5 Å². The van der Waals surface area contributed by atoms with Crippen LogP contribution in [0.5, 0.6) is 0 Å². The van der Waals surface area contributed by atoms with E-state index in [4.69, 9.17) is 0 Å². The highest BCUT2D eigenvalue weighted by Crippen LogP contribution is 2.41. The van der Waals surface area contributed by atoms with E-state index in [1.807, 2.05) is 0 Å². The molecule has 2 bridgehead atoms. The molecule has 0 amide bonds. The first-order valence-corrected chi connectivity index (χ1v) is 7.69. The van der Waals surface area contributed by atoms with Gasteiger partial charge in [-0.2, -0.15) is 0 Å². The summed E-state index contributed by atoms with van der Waals surface area (Å²) in [6.07, 6.45) is 6.68. The summed E-state index contributed by atoms with van der Waals surface area (Å²) >= 11 is 0. The number of fused-ring (bicyclic) bond motifs is 2. The number of halogens is 1. The van der Waals surface area contributed by atoms with Gasteiger partial charge >= 0.3 is 0 Å². The number of hydrogen-bond acceptors (Lipinski definition) is 2. The number of nitrogens with zero attached hydrogens (tertiary/aromatic N) is 2. The first kappa shape index (κ1) is 12.9. The van der Waals surface area contributed by atoms with E-state index >= 15 is 0 Å². The molecule has 0 N–H and O–H groups in total. The van der Waals surface area contributed by atoms with Crippen molar-refractivity contribution in [3.8, 4) is 0 Å². The maximum absolute atomic E-state index is 14.9. The number of alkyl halides is 1. The maximum atomic E-state index is 14.9. The Labute approximate surface area is 111 Å². The van der Waals surface area contributed by atoms with Gasteiger partial charge in [-0.25, -0.2) is 4.39 Å². The Balaban J connectivity index is 1.63. The van der Waals surface area contributed by atoms with E-state index in [1.54, 1.807) is 0 Å².